The normalized spacial score (nSPS) is 10.7. The van der Waals surface area contributed by atoms with Crippen LogP contribution in [0.5, 0.6) is 5.75 Å². The average molecular weight is 267 g/mol. The van der Waals surface area contributed by atoms with Crippen LogP contribution in [0.4, 0.5) is 0 Å². The molecule has 0 bridgehead atoms. The molecule has 1 aromatic carbocycles. The van der Waals surface area contributed by atoms with E-state index in [0.717, 1.165) is 17.2 Å². The molecule has 1 aromatic heterocycles. The Bertz CT molecular complexity index is 553. The number of hydrogen-bond acceptors (Lipinski definition) is 4. The van der Waals surface area contributed by atoms with Gasteiger partial charge >= 0.3 is 0 Å². The lowest BCUT2D eigenvalue weighted by Crippen LogP contribution is -2.04. The van der Waals surface area contributed by atoms with Crippen LogP contribution in [0.25, 0.3) is 11.4 Å². The van der Waals surface area contributed by atoms with E-state index in [-0.39, 0.29) is 0 Å². The van der Waals surface area contributed by atoms with Crippen molar-refractivity contribution in [1.29, 1.82) is 0 Å². The summed E-state index contributed by atoms with van der Waals surface area (Å²) in [4.78, 5) is 4.44. The molecule has 2 aromatic rings. The van der Waals surface area contributed by atoms with Crippen LogP contribution in [0.3, 0.4) is 0 Å². The molecule has 5 nitrogen and oxygen atoms in total. The van der Waals surface area contributed by atoms with E-state index in [1.807, 2.05) is 25.2 Å². The van der Waals surface area contributed by atoms with Crippen molar-refractivity contribution >= 4 is 11.6 Å². The topological polar surface area (TPSA) is 66.0 Å². The molecule has 18 heavy (non-hydrogen) atoms. The number of aromatic nitrogens is 3. The summed E-state index contributed by atoms with van der Waals surface area (Å²) in [5, 5.41) is 4.85. The maximum absolute atomic E-state index is 6.10. The molecule has 0 aliphatic heterocycles. The van der Waals surface area contributed by atoms with Gasteiger partial charge in [-0.1, -0.05) is 11.6 Å². The third-order valence-corrected chi connectivity index (χ3v) is 2.88. The smallest absolute Gasteiger partial charge is 0.158 e. The second-order valence-corrected chi connectivity index (χ2v) is 4.27. The monoisotopic (exact) mass is 266 g/mol. The minimum Gasteiger partial charge on any atom is -0.495 e. The van der Waals surface area contributed by atoms with Crippen LogP contribution in [0.2, 0.25) is 5.02 Å². The van der Waals surface area contributed by atoms with E-state index in [4.69, 9.17) is 22.1 Å². The fourth-order valence-corrected chi connectivity index (χ4v) is 1.99. The van der Waals surface area contributed by atoms with Gasteiger partial charge in [-0.25, -0.2) is 9.67 Å². The lowest BCUT2D eigenvalue weighted by atomic mass is 10.2. The quantitative estimate of drug-likeness (QED) is 0.914. The van der Waals surface area contributed by atoms with E-state index in [1.54, 1.807) is 11.8 Å². The highest BCUT2D eigenvalue weighted by atomic mass is 35.5. The molecule has 0 amide bonds. The average Bonchev–Trinajstić information content (AvgIpc) is 2.71. The van der Waals surface area contributed by atoms with Gasteiger partial charge in [0.15, 0.2) is 11.6 Å². The fraction of sp³-hybridized carbons (Fsp3) is 0.333. The molecule has 0 spiro atoms. The van der Waals surface area contributed by atoms with Crippen LogP contribution >= 0.6 is 11.6 Å². The van der Waals surface area contributed by atoms with Gasteiger partial charge in [0.2, 0.25) is 0 Å². The SMILES string of the molecule is COc1ccc(-c2nc(CCN)nn2C)cc1Cl. The lowest BCUT2D eigenvalue weighted by Gasteiger charge is -2.05. The largest absolute Gasteiger partial charge is 0.495 e. The molecule has 0 saturated carbocycles. The van der Waals surface area contributed by atoms with Gasteiger partial charge in [0, 0.05) is 19.0 Å². The van der Waals surface area contributed by atoms with Gasteiger partial charge in [-0.05, 0) is 24.7 Å². The Labute approximate surface area is 111 Å². The van der Waals surface area contributed by atoms with Gasteiger partial charge < -0.3 is 10.5 Å². The summed E-state index contributed by atoms with van der Waals surface area (Å²) in [6.07, 6.45) is 0.664. The molecule has 0 atom stereocenters. The molecule has 0 saturated heterocycles. The number of hydrogen-bond donors (Lipinski definition) is 1. The first-order chi connectivity index (χ1) is 8.65. The van der Waals surface area contributed by atoms with Crippen molar-refractivity contribution in [3.8, 4) is 17.1 Å². The molecule has 96 valence electrons. The van der Waals surface area contributed by atoms with Gasteiger partial charge in [0.05, 0.1) is 12.1 Å². The van der Waals surface area contributed by atoms with Crippen LogP contribution in [-0.4, -0.2) is 28.4 Å². The summed E-state index contributed by atoms with van der Waals surface area (Å²) in [6.45, 7) is 0.535. The van der Waals surface area contributed by atoms with Crippen molar-refractivity contribution in [2.45, 2.75) is 6.42 Å². The third kappa shape index (κ3) is 2.47. The van der Waals surface area contributed by atoms with Crippen LogP contribution in [0.15, 0.2) is 18.2 Å². The first kappa shape index (κ1) is 12.9. The van der Waals surface area contributed by atoms with Crippen molar-refractivity contribution in [2.75, 3.05) is 13.7 Å². The van der Waals surface area contributed by atoms with Crippen molar-refractivity contribution in [2.24, 2.45) is 12.8 Å². The standard InChI is InChI=1S/C12H15ClN4O/c1-17-12(15-11(16-17)5-6-14)8-3-4-10(18-2)9(13)7-8/h3-4,7H,5-6,14H2,1-2H3. The summed E-state index contributed by atoms with van der Waals surface area (Å²) in [5.41, 5.74) is 6.40. The Morgan fingerprint density at radius 3 is 2.83 bits per heavy atom. The zero-order chi connectivity index (χ0) is 13.1. The van der Waals surface area contributed by atoms with Crippen molar-refractivity contribution in [3.63, 3.8) is 0 Å². The predicted octanol–water partition coefficient (Wildman–Crippen LogP) is 1.65. The van der Waals surface area contributed by atoms with Gasteiger partial charge in [0.25, 0.3) is 0 Å². The number of aryl methyl sites for hydroxylation is 1. The molecule has 1 heterocycles. The molecule has 0 aliphatic carbocycles. The molecule has 6 heteroatoms. The molecule has 0 aliphatic rings. The van der Waals surface area contributed by atoms with Gasteiger partial charge in [-0.15, -0.1) is 0 Å². The maximum Gasteiger partial charge on any atom is 0.158 e. The third-order valence-electron chi connectivity index (χ3n) is 2.58. The second kappa shape index (κ2) is 5.37. The van der Waals surface area contributed by atoms with E-state index < -0.39 is 0 Å². The summed E-state index contributed by atoms with van der Waals surface area (Å²) in [5.74, 6) is 2.15. The molecule has 2 N–H and O–H groups in total. The van der Waals surface area contributed by atoms with Gasteiger partial charge in [-0.2, -0.15) is 5.10 Å². The van der Waals surface area contributed by atoms with Crippen LogP contribution in [0, 0.1) is 0 Å². The molecule has 0 radical (unpaired) electrons. The first-order valence-electron chi connectivity index (χ1n) is 5.59. The Balaban J connectivity index is 2.39. The Morgan fingerprint density at radius 1 is 1.44 bits per heavy atom. The van der Waals surface area contributed by atoms with E-state index in [1.165, 1.54) is 0 Å². The number of nitrogens with two attached hydrogens (primary N) is 1. The van der Waals surface area contributed by atoms with Crippen molar-refractivity contribution in [3.05, 3.63) is 29.0 Å². The summed E-state index contributed by atoms with van der Waals surface area (Å²) < 4.78 is 6.84. The number of nitrogens with zero attached hydrogens (tertiary/aromatic N) is 3. The van der Waals surface area contributed by atoms with E-state index >= 15 is 0 Å². The fourth-order valence-electron chi connectivity index (χ4n) is 1.73. The number of ether oxygens (including phenoxy) is 1. The number of methoxy groups -OCH3 is 1. The lowest BCUT2D eigenvalue weighted by molar-refractivity contribution is 0.415. The predicted molar refractivity (Wildman–Crippen MR) is 70.8 cm³/mol. The number of rotatable bonds is 4. The van der Waals surface area contributed by atoms with Gasteiger partial charge in [-0.3, -0.25) is 0 Å². The highest BCUT2D eigenvalue weighted by Gasteiger charge is 2.11. The molecule has 0 fully saturated rings. The van der Waals surface area contributed by atoms with E-state index in [2.05, 4.69) is 10.1 Å². The Kier molecular flexibility index (Phi) is 3.84. The van der Waals surface area contributed by atoms with Crippen molar-refractivity contribution < 1.29 is 4.74 Å². The zero-order valence-corrected chi connectivity index (χ0v) is 11.1. The minimum atomic E-state index is 0.535. The van der Waals surface area contributed by atoms with Crippen LogP contribution < -0.4 is 10.5 Å². The summed E-state index contributed by atoms with van der Waals surface area (Å²) in [6, 6.07) is 5.53. The maximum atomic E-state index is 6.10. The number of halogens is 1. The first-order valence-corrected chi connectivity index (χ1v) is 5.97. The Hall–Kier alpha value is -1.59. The van der Waals surface area contributed by atoms with E-state index in [0.29, 0.717) is 23.7 Å². The van der Waals surface area contributed by atoms with Crippen molar-refractivity contribution in [1.82, 2.24) is 14.8 Å². The zero-order valence-electron chi connectivity index (χ0n) is 10.4. The van der Waals surface area contributed by atoms with Gasteiger partial charge in [0.1, 0.15) is 5.75 Å². The Morgan fingerprint density at radius 2 is 2.22 bits per heavy atom. The summed E-state index contributed by atoms with van der Waals surface area (Å²) >= 11 is 6.10. The highest BCUT2D eigenvalue weighted by Crippen LogP contribution is 2.29. The van der Waals surface area contributed by atoms with E-state index in [9.17, 15) is 0 Å². The highest BCUT2D eigenvalue weighted by molar-refractivity contribution is 6.32. The molecular weight excluding hydrogens is 252 g/mol. The molecule has 0 unspecified atom stereocenters. The second-order valence-electron chi connectivity index (χ2n) is 3.86. The molecular formula is C12H15ClN4O. The number of benzene rings is 1. The summed E-state index contributed by atoms with van der Waals surface area (Å²) in [7, 11) is 3.43. The van der Waals surface area contributed by atoms with Crippen LogP contribution in [0.1, 0.15) is 5.82 Å². The minimum absolute atomic E-state index is 0.535. The molecule has 2 rings (SSSR count). The van der Waals surface area contributed by atoms with Crippen LogP contribution in [-0.2, 0) is 13.5 Å².